The Morgan fingerprint density at radius 2 is 2.21 bits per heavy atom. The van der Waals surface area contributed by atoms with E-state index >= 15 is 0 Å². The summed E-state index contributed by atoms with van der Waals surface area (Å²) >= 11 is 0. The van der Waals surface area contributed by atoms with Crippen LogP contribution in [0.25, 0.3) is 0 Å². The van der Waals surface area contributed by atoms with E-state index in [-0.39, 0.29) is 11.7 Å². The van der Waals surface area contributed by atoms with Crippen molar-refractivity contribution >= 4 is 5.78 Å². The van der Waals surface area contributed by atoms with Gasteiger partial charge in [0.15, 0.2) is 0 Å². The van der Waals surface area contributed by atoms with E-state index in [2.05, 4.69) is 30.9 Å². The number of aryl methyl sites for hydroxylation is 1. The molecule has 0 amide bonds. The maximum absolute atomic E-state index is 12.1. The Hall–Kier alpha value is -1.23. The number of Topliss-reactive ketones (excluding diaryl/α,β-unsaturated/α-hetero) is 1. The number of hydrogen-bond acceptors (Lipinski definition) is 4. The molecule has 0 aliphatic heterocycles. The number of carbonyl (C=O) groups excluding carboxylic acids is 1. The van der Waals surface area contributed by atoms with Crippen molar-refractivity contribution in [2.24, 2.45) is 17.6 Å². The number of carbonyl (C=O) groups is 1. The Balaban J connectivity index is 2.51. The van der Waals surface area contributed by atoms with Gasteiger partial charge < -0.3 is 5.73 Å². The molecule has 5 nitrogen and oxygen atoms in total. The fourth-order valence-corrected chi connectivity index (χ4v) is 2.32. The first-order chi connectivity index (χ1) is 9.06. The van der Waals surface area contributed by atoms with Crippen LogP contribution in [0.3, 0.4) is 0 Å². The topological polar surface area (TPSA) is 73.8 Å². The number of hydrogen-bond donors (Lipinski definition) is 1. The molecule has 1 aromatic rings. The molecular formula is C14H26N4O. The highest BCUT2D eigenvalue weighted by atomic mass is 16.1. The Bertz CT molecular complexity index is 387. The first kappa shape index (κ1) is 15.8. The molecule has 0 saturated carbocycles. The van der Waals surface area contributed by atoms with Crippen LogP contribution in [0.1, 0.15) is 45.9 Å². The van der Waals surface area contributed by atoms with Crippen LogP contribution in [0.5, 0.6) is 0 Å². The second-order valence-corrected chi connectivity index (χ2v) is 5.55. The zero-order valence-corrected chi connectivity index (χ0v) is 12.3. The monoisotopic (exact) mass is 266 g/mol. The van der Waals surface area contributed by atoms with E-state index in [1.165, 1.54) is 6.33 Å². The lowest BCUT2D eigenvalue weighted by Gasteiger charge is -2.16. The number of rotatable bonds is 9. The fraction of sp³-hybridized carbons (Fsp3) is 0.786. The summed E-state index contributed by atoms with van der Waals surface area (Å²) in [5.41, 5.74) is 5.73. The van der Waals surface area contributed by atoms with Crippen LogP contribution in [-0.4, -0.2) is 27.1 Å². The molecule has 0 aliphatic carbocycles. The molecule has 0 fully saturated rings. The number of nitrogens with two attached hydrogens (primary N) is 1. The third-order valence-corrected chi connectivity index (χ3v) is 3.14. The van der Waals surface area contributed by atoms with Crippen molar-refractivity contribution in [1.29, 1.82) is 0 Å². The molecule has 108 valence electrons. The van der Waals surface area contributed by atoms with Crippen molar-refractivity contribution < 1.29 is 4.79 Å². The molecule has 0 aliphatic rings. The van der Waals surface area contributed by atoms with Gasteiger partial charge in [-0.05, 0) is 31.2 Å². The maximum Gasteiger partial charge on any atom is 0.140 e. The maximum atomic E-state index is 12.1. The lowest BCUT2D eigenvalue weighted by Crippen LogP contribution is -2.21. The third kappa shape index (κ3) is 5.51. The predicted molar refractivity (Wildman–Crippen MR) is 75.6 cm³/mol. The van der Waals surface area contributed by atoms with Crippen molar-refractivity contribution in [3.8, 4) is 0 Å². The van der Waals surface area contributed by atoms with Crippen LogP contribution in [0.2, 0.25) is 0 Å². The molecule has 1 aromatic heterocycles. The first-order valence-electron chi connectivity index (χ1n) is 7.15. The minimum atomic E-state index is 0.210. The highest BCUT2D eigenvalue weighted by molar-refractivity contribution is 5.80. The molecule has 0 radical (unpaired) electrons. The highest BCUT2D eigenvalue weighted by Crippen LogP contribution is 2.15. The minimum Gasteiger partial charge on any atom is -0.330 e. The quantitative estimate of drug-likeness (QED) is 0.739. The summed E-state index contributed by atoms with van der Waals surface area (Å²) in [6, 6.07) is 0. The Morgan fingerprint density at radius 3 is 2.79 bits per heavy atom. The summed E-state index contributed by atoms with van der Waals surface area (Å²) in [5, 5.41) is 4.14. The van der Waals surface area contributed by atoms with Gasteiger partial charge in [-0.1, -0.05) is 20.8 Å². The minimum absolute atomic E-state index is 0.210. The van der Waals surface area contributed by atoms with E-state index in [1.807, 2.05) is 4.68 Å². The molecule has 19 heavy (non-hydrogen) atoms. The van der Waals surface area contributed by atoms with Gasteiger partial charge in [-0.15, -0.1) is 0 Å². The Labute approximate surface area is 115 Å². The molecule has 0 aromatic carbocycles. The Kier molecular flexibility index (Phi) is 6.70. The summed E-state index contributed by atoms with van der Waals surface area (Å²) in [7, 11) is 0. The van der Waals surface area contributed by atoms with Gasteiger partial charge in [-0.25, -0.2) is 9.67 Å². The van der Waals surface area contributed by atoms with Gasteiger partial charge in [-0.2, -0.15) is 5.10 Å². The van der Waals surface area contributed by atoms with Gasteiger partial charge >= 0.3 is 0 Å². The second kappa shape index (κ2) is 8.04. The van der Waals surface area contributed by atoms with Crippen LogP contribution in [-0.2, 0) is 17.8 Å². The van der Waals surface area contributed by atoms with Crippen LogP contribution in [0, 0.1) is 11.8 Å². The summed E-state index contributed by atoms with van der Waals surface area (Å²) in [6.07, 6.45) is 4.43. The van der Waals surface area contributed by atoms with Crippen LogP contribution >= 0.6 is 0 Å². The van der Waals surface area contributed by atoms with E-state index in [1.54, 1.807) is 0 Å². The van der Waals surface area contributed by atoms with Crippen LogP contribution in [0.4, 0.5) is 0 Å². The molecule has 0 saturated heterocycles. The van der Waals surface area contributed by atoms with E-state index in [0.29, 0.717) is 25.3 Å². The number of aromatic nitrogens is 3. The number of ketones is 1. The summed E-state index contributed by atoms with van der Waals surface area (Å²) in [5.74, 6) is 1.84. The van der Waals surface area contributed by atoms with E-state index in [9.17, 15) is 4.79 Å². The fourth-order valence-electron chi connectivity index (χ4n) is 2.32. The van der Waals surface area contributed by atoms with Gasteiger partial charge in [0.2, 0.25) is 0 Å². The molecule has 1 unspecified atom stereocenters. The van der Waals surface area contributed by atoms with Crippen molar-refractivity contribution in [1.82, 2.24) is 14.8 Å². The van der Waals surface area contributed by atoms with Gasteiger partial charge in [0.05, 0.1) is 6.42 Å². The van der Waals surface area contributed by atoms with E-state index in [4.69, 9.17) is 5.73 Å². The molecule has 0 spiro atoms. The number of nitrogens with zero attached hydrogens (tertiary/aromatic N) is 3. The van der Waals surface area contributed by atoms with Crippen molar-refractivity contribution in [2.75, 3.05) is 6.54 Å². The zero-order valence-electron chi connectivity index (χ0n) is 12.3. The van der Waals surface area contributed by atoms with Crippen LogP contribution in [0.15, 0.2) is 6.33 Å². The molecule has 5 heteroatoms. The lowest BCUT2D eigenvalue weighted by atomic mass is 9.92. The second-order valence-electron chi connectivity index (χ2n) is 5.55. The van der Waals surface area contributed by atoms with Gasteiger partial charge in [-0.3, -0.25) is 4.79 Å². The van der Waals surface area contributed by atoms with Gasteiger partial charge in [0.25, 0.3) is 0 Å². The first-order valence-corrected chi connectivity index (χ1v) is 7.15. The molecule has 1 atom stereocenters. The summed E-state index contributed by atoms with van der Waals surface area (Å²) in [6.45, 7) is 7.79. The van der Waals surface area contributed by atoms with Crippen LogP contribution < -0.4 is 5.73 Å². The van der Waals surface area contributed by atoms with Crippen molar-refractivity contribution in [2.45, 2.75) is 53.0 Å². The normalized spacial score (nSPS) is 12.9. The average Bonchev–Trinajstić information content (AvgIpc) is 2.75. The highest BCUT2D eigenvalue weighted by Gasteiger charge is 2.16. The molecule has 1 rings (SSSR count). The van der Waals surface area contributed by atoms with Gasteiger partial charge in [0, 0.05) is 13.0 Å². The summed E-state index contributed by atoms with van der Waals surface area (Å²) < 4.78 is 1.82. The standard InChI is InChI=1S/C14H26N4O/c1-4-5-18-14(16-10-17-18)8-13(19)7-12(9-15)6-11(2)3/h10-12H,4-9,15H2,1-3H3. The van der Waals surface area contributed by atoms with Gasteiger partial charge in [0.1, 0.15) is 17.9 Å². The zero-order chi connectivity index (χ0) is 14.3. The summed E-state index contributed by atoms with van der Waals surface area (Å²) in [4.78, 5) is 16.2. The Morgan fingerprint density at radius 1 is 1.47 bits per heavy atom. The van der Waals surface area contributed by atoms with E-state index in [0.717, 1.165) is 25.2 Å². The third-order valence-electron chi connectivity index (χ3n) is 3.14. The SMILES string of the molecule is CCCn1ncnc1CC(=O)CC(CN)CC(C)C. The predicted octanol–water partition coefficient (Wildman–Crippen LogP) is 1.81. The van der Waals surface area contributed by atoms with Crippen molar-refractivity contribution in [3.63, 3.8) is 0 Å². The largest absolute Gasteiger partial charge is 0.330 e. The lowest BCUT2D eigenvalue weighted by molar-refractivity contribution is -0.119. The molecule has 0 bridgehead atoms. The van der Waals surface area contributed by atoms with E-state index < -0.39 is 0 Å². The average molecular weight is 266 g/mol. The smallest absolute Gasteiger partial charge is 0.140 e. The molecular weight excluding hydrogens is 240 g/mol. The molecule has 1 heterocycles. The molecule has 2 N–H and O–H groups in total. The van der Waals surface area contributed by atoms with Crippen molar-refractivity contribution in [3.05, 3.63) is 12.2 Å².